The smallest absolute Gasteiger partial charge is 0.163 e. The van der Waals surface area contributed by atoms with Crippen molar-refractivity contribution >= 4 is 0 Å². The fourth-order valence-electron chi connectivity index (χ4n) is 3.39. The summed E-state index contributed by atoms with van der Waals surface area (Å²) in [5, 5.41) is 11.5. The summed E-state index contributed by atoms with van der Waals surface area (Å²) >= 11 is 0. The number of piperazine rings is 1. The first-order chi connectivity index (χ1) is 11.5. The SMILES string of the molecule is C[NH+]1CC[NH+](CC(O)(c2ccc(F)cc2)c2ccc(F)cc2)CC1. The number of benzene rings is 2. The minimum atomic E-state index is -1.26. The molecule has 1 fully saturated rings. The van der Waals surface area contributed by atoms with Gasteiger partial charge in [-0.15, -0.1) is 0 Å². The van der Waals surface area contributed by atoms with Gasteiger partial charge in [-0.3, -0.25) is 0 Å². The van der Waals surface area contributed by atoms with Gasteiger partial charge in [0.05, 0.1) is 7.05 Å². The van der Waals surface area contributed by atoms with E-state index in [9.17, 15) is 13.9 Å². The van der Waals surface area contributed by atoms with Crippen molar-refractivity contribution in [2.45, 2.75) is 5.60 Å². The third-order valence-corrected chi connectivity index (χ3v) is 4.96. The number of quaternary nitrogens is 2. The maximum Gasteiger partial charge on any atom is 0.163 e. The summed E-state index contributed by atoms with van der Waals surface area (Å²) in [6.07, 6.45) is 0. The molecule has 0 bridgehead atoms. The summed E-state index contributed by atoms with van der Waals surface area (Å²) in [4.78, 5) is 2.79. The molecule has 1 heterocycles. The lowest BCUT2D eigenvalue weighted by atomic mass is 9.85. The van der Waals surface area contributed by atoms with E-state index in [0.717, 1.165) is 26.2 Å². The van der Waals surface area contributed by atoms with E-state index in [1.807, 2.05) is 0 Å². The molecule has 0 unspecified atom stereocenters. The Bertz CT molecular complexity index is 619. The highest BCUT2D eigenvalue weighted by molar-refractivity contribution is 5.36. The minimum absolute atomic E-state index is 0.337. The molecule has 0 radical (unpaired) electrons. The molecule has 5 heteroatoms. The lowest BCUT2D eigenvalue weighted by molar-refractivity contribution is -1.01. The van der Waals surface area contributed by atoms with E-state index in [2.05, 4.69) is 7.05 Å². The molecule has 24 heavy (non-hydrogen) atoms. The largest absolute Gasteiger partial charge is 0.375 e. The molecule has 128 valence electrons. The molecule has 0 aliphatic carbocycles. The van der Waals surface area contributed by atoms with Crippen molar-refractivity contribution < 1.29 is 23.7 Å². The predicted octanol–water partition coefficient (Wildman–Crippen LogP) is -0.386. The second-order valence-corrected chi connectivity index (χ2v) is 6.76. The van der Waals surface area contributed by atoms with Crippen molar-refractivity contribution in [1.29, 1.82) is 0 Å². The molecule has 3 rings (SSSR count). The Morgan fingerprint density at radius 2 is 1.25 bits per heavy atom. The number of likely N-dealkylation sites (N-methyl/N-ethyl adjacent to an activating group) is 1. The van der Waals surface area contributed by atoms with Crippen LogP contribution < -0.4 is 9.80 Å². The van der Waals surface area contributed by atoms with Gasteiger partial charge in [-0.2, -0.15) is 0 Å². The summed E-state index contributed by atoms with van der Waals surface area (Å²) in [5.74, 6) is -0.675. The van der Waals surface area contributed by atoms with Crippen LogP contribution in [0.25, 0.3) is 0 Å². The average molecular weight is 334 g/mol. The zero-order valence-corrected chi connectivity index (χ0v) is 13.9. The van der Waals surface area contributed by atoms with Gasteiger partial charge < -0.3 is 14.9 Å². The number of aliphatic hydroxyl groups is 1. The van der Waals surface area contributed by atoms with Crippen LogP contribution in [-0.2, 0) is 5.60 Å². The topological polar surface area (TPSA) is 29.1 Å². The predicted molar refractivity (Wildman–Crippen MR) is 88.0 cm³/mol. The maximum absolute atomic E-state index is 13.3. The molecule has 3 N–H and O–H groups in total. The molecule has 0 saturated carbocycles. The number of nitrogens with one attached hydrogen (secondary N) is 2. The Labute approximate surface area is 141 Å². The van der Waals surface area contributed by atoms with Gasteiger partial charge in [0.1, 0.15) is 44.4 Å². The van der Waals surface area contributed by atoms with E-state index in [-0.39, 0.29) is 11.6 Å². The Hall–Kier alpha value is -1.82. The van der Waals surface area contributed by atoms with E-state index in [4.69, 9.17) is 0 Å². The summed E-state index contributed by atoms with van der Waals surface area (Å²) in [7, 11) is 2.17. The maximum atomic E-state index is 13.3. The standard InChI is InChI=1S/C19H22F2N2O/c1-22-10-12-23(13-11-22)14-19(24,15-2-6-17(20)7-3-15)16-4-8-18(21)9-5-16/h2-9,24H,10-14H2,1H3/p+2. The molecule has 1 aliphatic rings. The van der Waals surface area contributed by atoms with Crippen LogP contribution in [0.5, 0.6) is 0 Å². The third-order valence-electron chi connectivity index (χ3n) is 4.96. The highest BCUT2D eigenvalue weighted by atomic mass is 19.1. The van der Waals surface area contributed by atoms with Crippen molar-refractivity contribution in [1.82, 2.24) is 0 Å². The highest BCUT2D eigenvalue weighted by Gasteiger charge is 2.37. The van der Waals surface area contributed by atoms with Gasteiger partial charge in [0.15, 0.2) is 5.60 Å². The first-order valence-electron chi connectivity index (χ1n) is 8.37. The van der Waals surface area contributed by atoms with Crippen LogP contribution in [0, 0.1) is 11.6 Å². The van der Waals surface area contributed by atoms with Crippen molar-refractivity contribution in [2.75, 3.05) is 39.8 Å². The Balaban J connectivity index is 1.93. The Morgan fingerprint density at radius 3 is 1.67 bits per heavy atom. The third kappa shape index (κ3) is 3.64. The summed E-state index contributed by atoms with van der Waals surface area (Å²) in [5.41, 5.74) is 0.00526. The number of hydrogen-bond donors (Lipinski definition) is 3. The monoisotopic (exact) mass is 334 g/mol. The number of rotatable bonds is 4. The van der Waals surface area contributed by atoms with Crippen LogP contribution in [0.4, 0.5) is 8.78 Å². The summed E-state index contributed by atoms with van der Waals surface area (Å²) in [6.45, 7) is 4.53. The first kappa shape index (κ1) is 17.0. The highest BCUT2D eigenvalue weighted by Crippen LogP contribution is 2.28. The van der Waals surface area contributed by atoms with E-state index >= 15 is 0 Å². The zero-order chi connectivity index (χ0) is 17.2. The molecular weight excluding hydrogens is 310 g/mol. The van der Waals surface area contributed by atoms with Crippen molar-refractivity contribution in [3.63, 3.8) is 0 Å². The van der Waals surface area contributed by atoms with E-state index < -0.39 is 5.60 Å². The molecule has 3 nitrogen and oxygen atoms in total. The fraction of sp³-hybridized carbons (Fsp3) is 0.368. The summed E-state index contributed by atoms with van der Waals surface area (Å²) < 4.78 is 26.6. The first-order valence-corrected chi connectivity index (χ1v) is 8.37. The van der Waals surface area contributed by atoms with E-state index in [1.54, 1.807) is 24.3 Å². The fourth-order valence-corrected chi connectivity index (χ4v) is 3.39. The van der Waals surface area contributed by atoms with Crippen LogP contribution in [0.3, 0.4) is 0 Å². The van der Waals surface area contributed by atoms with Gasteiger partial charge in [0, 0.05) is 0 Å². The molecule has 2 aromatic rings. The molecule has 1 saturated heterocycles. The van der Waals surface area contributed by atoms with Crippen molar-refractivity contribution in [3.05, 3.63) is 71.3 Å². The van der Waals surface area contributed by atoms with Crippen LogP contribution in [-0.4, -0.2) is 44.9 Å². The Kier molecular flexibility index (Phi) is 4.94. The second kappa shape index (κ2) is 6.97. The lowest BCUT2D eigenvalue weighted by Crippen LogP contribution is -3.27. The molecule has 1 aliphatic heterocycles. The van der Waals surface area contributed by atoms with Crippen LogP contribution in [0.1, 0.15) is 11.1 Å². The van der Waals surface area contributed by atoms with E-state index in [0.29, 0.717) is 17.7 Å². The Morgan fingerprint density at radius 1 is 0.833 bits per heavy atom. The zero-order valence-electron chi connectivity index (χ0n) is 13.9. The van der Waals surface area contributed by atoms with Gasteiger partial charge >= 0.3 is 0 Å². The molecule has 0 atom stereocenters. The molecular formula is C19H24F2N2O+2. The number of halogens is 2. The van der Waals surface area contributed by atoms with Gasteiger partial charge in [0.25, 0.3) is 0 Å². The van der Waals surface area contributed by atoms with Crippen LogP contribution >= 0.6 is 0 Å². The van der Waals surface area contributed by atoms with Crippen molar-refractivity contribution in [3.8, 4) is 0 Å². The number of hydrogen-bond acceptors (Lipinski definition) is 1. The van der Waals surface area contributed by atoms with Gasteiger partial charge in [0.2, 0.25) is 0 Å². The lowest BCUT2D eigenvalue weighted by Gasteiger charge is -2.35. The van der Waals surface area contributed by atoms with Gasteiger partial charge in [-0.05, 0) is 35.4 Å². The van der Waals surface area contributed by atoms with Gasteiger partial charge in [-0.1, -0.05) is 24.3 Å². The molecule has 0 aromatic heterocycles. The second-order valence-electron chi connectivity index (χ2n) is 6.76. The quantitative estimate of drug-likeness (QED) is 0.699. The van der Waals surface area contributed by atoms with Gasteiger partial charge in [-0.25, -0.2) is 8.78 Å². The van der Waals surface area contributed by atoms with Crippen LogP contribution in [0.15, 0.2) is 48.5 Å². The average Bonchev–Trinajstić information content (AvgIpc) is 2.58. The summed E-state index contributed by atoms with van der Waals surface area (Å²) in [6, 6.07) is 11.9. The van der Waals surface area contributed by atoms with Crippen molar-refractivity contribution in [2.24, 2.45) is 0 Å². The molecule has 0 amide bonds. The molecule has 0 spiro atoms. The molecule has 2 aromatic carbocycles. The normalized spacial score (nSPS) is 21.7. The minimum Gasteiger partial charge on any atom is -0.375 e. The van der Waals surface area contributed by atoms with Crippen LogP contribution in [0.2, 0.25) is 0 Å². The van der Waals surface area contributed by atoms with E-state index in [1.165, 1.54) is 34.1 Å².